The number of hydrogen-bond acceptors (Lipinski definition) is 3. The van der Waals surface area contributed by atoms with Gasteiger partial charge in [-0.2, -0.15) is 0 Å². The summed E-state index contributed by atoms with van der Waals surface area (Å²) in [7, 11) is -1.63. The fraction of sp³-hybridized carbons (Fsp3) is 0.200. The highest BCUT2D eigenvalue weighted by Crippen LogP contribution is 2.36. The summed E-state index contributed by atoms with van der Waals surface area (Å²) in [6.07, 6.45) is 0. The molecular formula is C25H23FN2O3S. The molecule has 0 radical (unpaired) electrons. The third kappa shape index (κ3) is 3.84. The van der Waals surface area contributed by atoms with Gasteiger partial charge in [0, 0.05) is 24.2 Å². The molecule has 0 bridgehead atoms. The molecule has 1 atom stereocenters. The second-order valence-electron chi connectivity index (χ2n) is 7.41. The van der Waals surface area contributed by atoms with Crippen LogP contribution >= 0.6 is 0 Å². The Morgan fingerprint density at radius 3 is 2.38 bits per heavy atom. The van der Waals surface area contributed by atoms with Crippen LogP contribution in [0.1, 0.15) is 40.1 Å². The summed E-state index contributed by atoms with van der Waals surface area (Å²) in [6, 6.07) is 17.8. The maximum Gasteiger partial charge on any atom is 0.259 e. The van der Waals surface area contributed by atoms with Crippen LogP contribution in [0.4, 0.5) is 10.1 Å². The van der Waals surface area contributed by atoms with Crippen LogP contribution < -0.4 is 4.90 Å². The smallest absolute Gasteiger partial charge is 0.259 e. The SMILES string of the molecule is CCN(CC)C(=O)c1ccc2c(c1)N(Cc1ccccc1F)C(=O)c1ccccc1[S@]2=O. The third-order valence-electron chi connectivity index (χ3n) is 5.60. The van der Waals surface area contributed by atoms with Gasteiger partial charge in [0.25, 0.3) is 11.8 Å². The highest BCUT2D eigenvalue weighted by atomic mass is 32.2. The fourth-order valence-electron chi connectivity index (χ4n) is 3.84. The predicted molar refractivity (Wildman–Crippen MR) is 122 cm³/mol. The highest BCUT2D eigenvalue weighted by molar-refractivity contribution is 7.85. The van der Waals surface area contributed by atoms with E-state index in [1.807, 2.05) is 13.8 Å². The zero-order valence-corrected chi connectivity index (χ0v) is 18.7. The molecular weight excluding hydrogens is 427 g/mol. The molecule has 1 aliphatic rings. The molecule has 164 valence electrons. The van der Waals surface area contributed by atoms with Gasteiger partial charge in [-0.15, -0.1) is 0 Å². The van der Waals surface area contributed by atoms with E-state index in [2.05, 4.69) is 0 Å². The maximum absolute atomic E-state index is 14.5. The van der Waals surface area contributed by atoms with E-state index in [0.29, 0.717) is 45.3 Å². The molecule has 0 aliphatic carbocycles. The summed E-state index contributed by atoms with van der Waals surface area (Å²) in [4.78, 5) is 30.4. The molecule has 0 aromatic heterocycles. The van der Waals surface area contributed by atoms with E-state index in [-0.39, 0.29) is 18.4 Å². The number of carbonyl (C=O) groups is 2. The molecule has 0 spiro atoms. The van der Waals surface area contributed by atoms with Gasteiger partial charge in [0.15, 0.2) is 0 Å². The average molecular weight is 451 g/mol. The van der Waals surface area contributed by atoms with Gasteiger partial charge in [0.2, 0.25) is 0 Å². The number of fused-ring (bicyclic) bond motifs is 2. The van der Waals surface area contributed by atoms with Crippen molar-refractivity contribution in [3.8, 4) is 0 Å². The number of nitrogens with zero attached hydrogens (tertiary/aromatic N) is 2. The minimum atomic E-state index is -1.63. The Balaban J connectivity index is 1.90. The van der Waals surface area contributed by atoms with Crippen LogP contribution in [0, 0.1) is 5.82 Å². The Kier molecular flexibility index (Phi) is 6.19. The number of halogens is 1. The molecule has 0 fully saturated rings. The first-order valence-electron chi connectivity index (χ1n) is 10.5. The van der Waals surface area contributed by atoms with E-state index in [1.54, 1.807) is 65.6 Å². The zero-order valence-electron chi connectivity index (χ0n) is 17.9. The standard InChI is InChI=1S/C25H23FN2O3S/c1-3-27(4-2)24(29)17-13-14-23-21(15-17)28(16-18-9-5-7-11-20(18)26)25(30)19-10-6-8-12-22(19)32(23)31/h5-15H,3-4,16H2,1-2H3/t32-/m1/s1. The van der Waals surface area contributed by atoms with Crippen molar-refractivity contribution in [2.45, 2.75) is 30.2 Å². The van der Waals surface area contributed by atoms with E-state index in [9.17, 15) is 18.2 Å². The number of carbonyl (C=O) groups excluding carboxylic acids is 2. The molecule has 4 rings (SSSR count). The van der Waals surface area contributed by atoms with E-state index in [0.717, 1.165) is 0 Å². The first-order valence-corrected chi connectivity index (χ1v) is 11.6. The maximum atomic E-state index is 14.5. The molecule has 1 aliphatic heterocycles. The van der Waals surface area contributed by atoms with Gasteiger partial charge in [-0.25, -0.2) is 8.60 Å². The van der Waals surface area contributed by atoms with Gasteiger partial charge >= 0.3 is 0 Å². The topological polar surface area (TPSA) is 57.7 Å². The summed E-state index contributed by atoms with van der Waals surface area (Å²) in [6.45, 7) is 4.82. The summed E-state index contributed by atoms with van der Waals surface area (Å²) >= 11 is 0. The molecule has 3 aromatic carbocycles. The normalized spacial score (nSPS) is 15.0. The summed E-state index contributed by atoms with van der Waals surface area (Å²) < 4.78 is 27.9. The van der Waals surface area contributed by atoms with Gasteiger partial charge in [0.1, 0.15) is 5.82 Å². The molecule has 0 N–H and O–H groups in total. The molecule has 0 saturated carbocycles. The van der Waals surface area contributed by atoms with Crippen molar-refractivity contribution in [2.24, 2.45) is 0 Å². The van der Waals surface area contributed by atoms with E-state index < -0.39 is 16.6 Å². The number of anilines is 1. The minimum Gasteiger partial charge on any atom is -0.339 e. The first-order chi connectivity index (χ1) is 15.5. The van der Waals surface area contributed by atoms with Crippen molar-refractivity contribution in [3.63, 3.8) is 0 Å². The van der Waals surface area contributed by atoms with Crippen LogP contribution in [0.25, 0.3) is 0 Å². The fourth-order valence-corrected chi connectivity index (χ4v) is 5.19. The van der Waals surface area contributed by atoms with Gasteiger partial charge in [0.05, 0.1) is 38.4 Å². The highest BCUT2D eigenvalue weighted by Gasteiger charge is 2.32. The van der Waals surface area contributed by atoms with Gasteiger partial charge in [-0.05, 0) is 50.2 Å². The van der Waals surface area contributed by atoms with Crippen LogP contribution in [-0.2, 0) is 17.3 Å². The molecule has 0 unspecified atom stereocenters. The number of amides is 2. The second kappa shape index (κ2) is 9.04. The lowest BCUT2D eigenvalue weighted by Gasteiger charge is -2.25. The molecule has 32 heavy (non-hydrogen) atoms. The number of hydrogen-bond donors (Lipinski definition) is 0. The Labute approximate surface area is 188 Å². The third-order valence-corrected chi connectivity index (χ3v) is 7.10. The minimum absolute atomic E-state index is 0.0487. The van der Waals surface area contributed by atoms with E-state index in [1.165, 1.54) is 11.0 Å². The van der Waals surface area contributed by atoms with Crippen molar-refractivity contribution in [3.05, 3.63) is 89.2 Å². The van der Waals surface area contributed by atoms with Crippen LogP contribution in [-0.4, -0.2) is 34.0 Å². The Hall–Kier alpha value is -3.32. The Morgan fingerprint density at radius 2 is 1.66 bits per heavy atom. The first kappa shape index (κ1) is 21.9. The largest absolute Gasteiger partial charge is 0.339 e. The summed E-state index contributed by atoms with van der Waals surface area (Å²) in [5.41, 5.74) is 1.37. The average Bonchev–Trinajstić information content (AvgIpc) is 2.90. The van der Waals surface area contributed by atoms with Crippen molar-refractivity contribution in [1.82, 2.24) is 4.90 Å². The van der Waals surface area contributed by atoms with Gasteiger partial charge < -0.3 is 9.80 Å². The molecule has 0 saturated heterocycles. The second-order valence-corrected chi connectivity index (χ2v) is 8.82. The van der Waals surface area contributed by atoms with Crippen molar-refractivity contribution >= 4 is 28.3 Å². The monoisotopic (exact) mass is 450 g/mol. The van der Waals surface area contributed by atoms with E-state index in [4.69, 9.17) is 0 Å². The lowest BCUT2D eigenvalue weighted by atomic mass is 10.1. The van der Waals surface area contributed by atoms with Crippen LogP contribution in [0.5, 0.6) is 0 Å². The number of benzene rings is 3. The Bertz CT molecular complexity index is 1220. The van der Waals surface area contributed by atoms with E-state index >= 15 is 0 Å². The van der Waals surface area contributed by atoms with Crippen molar-refractivity contribution in [1.29, 1.82) is 0 Å². The summed E-state index contributed by atoms with van der Waals surface area (Å²) in [5.74, 6) is -0.997. The van der Waals surface area contributed by atoms with Crippen molar-refractivity contribution in [2.75, 3.05) is 18.0 Å². The number of rotatable bonds is 5. The van der Waals surface area contributed by atoms with Crippen LogP contribution in [0.3, 0.4) is 0 Å². The van der Waals surface area contributed by atoms with Crippen LogP contribution in [0.2, 0.25) is 0 Å². The lowest BCUT2D eigenvalue weighted by molar-refractivity contribution is 0.0772. The van der Waals surface area contributed by atoms with Gasteiger partial charge in [-0.1, -0.05) is 30.3 Å². The molecule has 5 nitrogen and oxygen atoms in total. The quantitative estimate of drug-likeness (QED) is 0.569. The zero-order chi connectivity index (χ0) is 22.8. The predicted octanol–water partition coefficient (Wildman–Crippen LogP) is 4.63. The molecule has 1 heterocycles. The Morgan fingerprint density at radius 1 is 0.969 bits per heavy atom. The molecule has 3 aromatic rings. The van der Waals surface area contributed by atoms with Crippen LogP contribution in [0.15, 0.2) is 76.5 Å². The van der Waals surface area contributed by atoms with Gasteiger partial charge in [-0.3, -0.25) is 9.59 Å². The molecule has 2 amide bonds. The molecule has 7 heteroatoms. The lowest BCUT2D eigenvalue weighted by Crippen LogP contribution is -2.32. The van der Waals surface area contributed by atoms with Crippen molar-refractivity contribution < 1.29 is 18.2 Å². The summed E-state index contributed by atoms with van der Waals surface area (Å²) in [5, 5.41) is 0.